The van der Waals surface area contributed by atoms with E-state index in [1.54, 1.807) is 0 Å². The number of nitrogens with one attached hydrogen (secondary N) is 1. The van der Waals surface area contributed by atoms with Crippen LogP contribution in [0.15, 0.2) is 54.6 Å². The van der Waals surface area contributed by atoms with Crippen molar-refractivity contribution in [3.05, 3.63) is 65.7 Å². The second-order valence-corrected chi connectivity index (χ2v) is 5.33. The smallest absolute Gasteiger partial charge is 0.250 e. The van der Waals surface area contributed by atoms with Gasteiger partial charge in [0, 0.05) is 5.69 Å². The molecule has 1 amide bonds. The topological polar surface area (TPSA) is 38.3 Å². The zero-order valence-electron chi connectivity index (χ0n) is 13.0. The van der Waals surface area contributed by atoms with E-state index in [1.807, 2.05) is 48.5 Å². The van der Waals surface area contributed by atoms with E-state index in [0.29, 0.717) is 6.61 Å². The maximum atomic E-state index is 11.9. The Morgan fingerprint density at radius 1 is 1.05 bits per heavy atom. The van der Waals surface area contributed by atoms with Gasteiger partial charge in [0.05, 0.1) is 6.61 Å². The van der Waals surface area contributed by atoms with E-state index in [2.05, 4.69) is 18.3 Å². The van der Waals surface area contributed by atoms with Crippen molar-refractivity contribution in [1.29, 1.82) is 0 Å². The van der Waals surface area contributed by atoms with E-state index in [0.717, 1.165) is 24.1 Å². The van der Waals surface area contributed by atoms with E-state index >= 15 is 0 Å². The molecule has 2 aromatic rings. The SMILES string of the molecule is CCCCc1cccc(NC(=O)COCc2ccccc2)c1. The lowest BCUT2D eigenvalue weighted by Gasteiger charge is -2.08. The molecule has 0 saturated carbocycles. The fourth-order valence-corrected chi connectivity index (χ4v) is 2.22. The summed E-state index contributed by atoms with van der Waals surface area (Å²) in [6.45, 7) is 2.69. The van der Waals surface area contributed by atoms with Crippen LogP contribution in [0.25, 0.3) is 0 Å². The number of rotatable bonds is 8. The molecule has 1 N–H and O–H groups in total. The molecular formula is C19H23NO2. The molecule has 0 bridgehead atoms. The number of aryl methyl sites for hydroxylation is 1. The average molecular weight is 297 g/mol. The van der Waals surface area contributed by atoms with Crippen LogP contribution in [0, 0.1) is 0 Å². The molecule has 0 atom stereocenters. The Bertz CT molecular complexity index is 581. The predicted molar refractivity (Wildman–Crippen MR) is 89.8 cm³/mol. The van der Waals surface area contributed by atoms with Crippen LogP contribution in [0.2, 0.25) is 0 Å². The minimum atomic E-state index is -0.122. The highest BCUT2D eigenvalue weighted by Gasteiger charge is 2.03. The summed E-state index contributed by atoms with van der Waals surface area (Å²) in [5.74, 6) is -0.122. The maximum absolute atomic E-state index is 11.9. The molecule has 0 aliphatic heterocycles. The largest absolute Gasteiger partial charge is 0.367 e. The Labute approximate surface area is 132 Å². The Morgan fingerprint density at radius 3 is 2.59 bits per heavy atom. The Kier molecular flexibility index (Phi) is 6.65. The van der Waals surface area contributed by atoms with Crippen LogP contribution in [0.4, 0.5) is 5.69 Å². The third kappa shape index (κ3) is 5.70. The van der Waals surface area contributed by atoms with Gasteiger partial charge in [-0.15, -0.1) is 0 Å². The number of carbonyl (C=O) groups is 1. The molecule has 116 valence electrons. The lowest BCUT2D eigenvalue weighted by Crippen LogP contribution is -2.18. The summed E-state index contributed by atoms with van der Waals surface area (Å²) in [6.07, 6.45) is 3.38. The molecule has 3 nitrogen and oxygen atoms in total. The molecule has 22 heavy (non-hydrogen) atoms. The first-order chi connectivity index (χ1) is 10.8. The van der Waals surface area contributed by atoms with E-state index in [4.69, 9.17) is 4.74 Å². The molecule has 0 spiro atoms. The summed E-state index contributed by atoms with van der Waals surface area (Å²) in [5, 5.41) is 2.88. The molecule has 3 heteroatoms. The molecule has 0 heterocycles. The first-order valence-electron chi connectivity index (χ1n) is 7.78. The Morgan fingerprint density at radius 2 is 1.82 bits per heavy atom. The van der Waals surface area contributed by atoms with Crippen LogP contribution >= 0.6 is 0 Å². The van der Waals surface area contributed by atoms with Gasteiger partial charge in [-0.05, 0) is 36.1 Å². The van der Waals surface area contributed by atoms with Crippen molar-refractivity contribution < 1.29 is 9.53 Å². The summed E-state index contributed by atoms with van der Waals surface area (Å²) >= 11 is 0. The monoisotopic (exact) mass is 297 g/mol. The normalized spacial score (nSPS) is 10.4. The molecule has 0 saturated heterocycles. The van der Waals surface area contributed by atoms with Crippen LogP contribution in [-0.4, -0.2) is 12.5 Å². The number of ether oxygens (including phenoxy) is 1. The Balaban J connectivity index is 1.77. The van der Waals surface area contributed by atoms with Crippen LogP contribution in [0.1, 0.15) is 30.9 Å². The highest BCUT2D eigenvalue weighted by Crippen LogP contribution is 2.13. The van der Waals surface area contributed by atoms with Crippen molar-refractivity contribution in [1.82, 2.24) is 0 Å². The summed E-state index contributed by atoms with van der Waals surface area (Å²) in [5.41, 5.74) is 3.16. The summed E-state index contributed by atoms with van der Waals surface area (Å²) in [4.78, 5) is 11.9. The third-order valence-electron chi connectivity index (χ3n) is 3.37. The van der Waals surface area contributed by atoms with Crippen molar-refractivity contribution in [2.75, 3.05) is 11.9 Å². The van der Waals surface area contributed by atoms with Gasteiger partial charge in [-0.3, -0.25) is 4.79 Å². The van der Waals surface area contributed by atoms with Gasteiger partial charge >= 0.3 is 0 Å². The molecule has 0 radical (unpaired) electrons. The van der Waals surface area contributed by atoms with Crippen LogP contribution < -0.4 is 5.32 Å². The molecule has 0 aliphatic rings. The van der Waals surface area contributed by atoms with E-state index < -0.39 is 0 Å². The van der Waals surface area contributed by atoms with Crippen LogP contribution in [0.3, 0.4) is 0 Å². The van der Waals surface area contributed by atoms with E-state index in [1.165, 1.54) is 12.0 Å². The summed E-state index contributed by atoms with van der Waals surface area (Å²) in [7, 11) is 0. The second-order valence-electron chi connectivity index (χ2n) is 5.33. The molecule has 0 unspecified atom stereocenters. The minimum absolute atomic E-state index is 0.0636. The first-order valence-corrected chi connectivity index (χ1v) is 7.78. The van der Waals surface area contributed by atoms with Crippen molar-refractivity contribution in [2.45, 2.75) is 32.8 Å². The van der Waals surface area contributed by atoms with Gasteiger partial charge in [0.15, 0.2) is 0 Å². The molecule has 0 aliphatic carbocycles. The van der Waals surface area contributed by atoms with Crippen molar-refractivity contribution in [3.8, 4) is 0 Å². The van der Waals surface area contributed by atoms with E-state index in [9.17, 15) is 4.79 Å². The number of anilines is 1. The number of unbranched alkanes of at least 4 members (excludes halogenated alkanes) is 1. The number of amides is 1. The zero-order valence-corrected chi connectivity index (χ0v) is 13.0. The Hall–Kier alpha value is -2.13. The molecule has 2 aromatic carbocycles. The number of benzene rings is 2. The van der Waals surface area contributed by atoms with Gasteiger partial charge in [0.2, 0.25) is 5.91 Å². The number of carbonyl (C=O) groups excluding carboxylic acids is 1. The predicted octanol–water partition coefficient (Wildman–Crippen LogP) is 4.18. The fourth-order valence-electron chi connectivity index (χ4n) is 2.22. The lowest BCUT2D eigenvalue weighted by molar-refractivity contribution is -0.121. The minimum Gasteiger partial charge on any atom is -0.367 e. The van der Waals surface area contributed by atoms with Crippen LogP contribution in [0.5, 0.6) is 0 Å². The maximum Gasteiger partial charge on any atom is 0.250 e. The standard InChI is InChI=1S/C19H23NO2/c1-2-3-8-16-11-7-12-18(13-16)20-19(21)15-22-14-17-9-5-4-6-10-17/h4-7,9-13H,2-3,8,14-15H2,1H3,(H,20,21). The van der Waals surface area contributed by atoms with Crippen LogP contribution in [-0.2, 0) is 22.6 Å². The van der Waals surface area contributed by atoms with Gasteiger partial charge < -0.3 is 10.1 Å². The van der Waals surface area contributed by atoms with Gasteiger partial charge in [0.25, 0.3) is 0 Å². The first kappa shape index (κ1) is 16.2. The number of hydrogen-bond acceptors (Lipinski definition) is 2. The molecular weight excluding hydrogens is 274 g/mol. The highest BCUT2D eigenvalue weighted by molar-refractivity contribution is 5.91. The highest BCUT2D eigenvalue weighted by atomic mass is 16.5. The zero-order chi connectivity index (χ0) is 15.6. The van der Waals surface area contributed by atoms with Crippen molar-refractivity contribution in [2.24, 2.45) is 0 Å². The third-order valence-corrected chi connectivity index (χ3v) is 3.37. The summed E-state index contributed by atoms with van der Waals surface area (Å²) in [6, 6.07) is 17.9. The van der Waals surface area contributed by atoms with Gasteiger partial charge in [-0.1, -0.05) is 55.8 Å². The van der Waals surface area contributed by atoms with Gasteiger partial charge in [0.1, 0.15) is 6.61 Å². The molecule has 0 aromatic heterocycles. The number of hydrogen-bond donors (Lipinski definition) is 1. The van der Waals surface area contributed by atoms with Gasteiger partial charge in [-0.25, -0.2) is 0 Å². The van der Waals surface area contributed by atoms with Crippen molar-refractivity contribution in [3.63, 3.8) is 0 Å². The lowest BCUT2D eigenvalue weighted by atomic mass is 10.1. The van der Waals surface area contributed by atoms with Gasteiger partial charge in [-0.2, -0.15) is 0 Å². The average Bonchev–Trinajstić information content (AvgIpc) is 2.54. The molecule has 2 rings (SSSR count). The van der Waals surface area contributed by atoms with Crippen molar-refractivity contribution >= 4 is 11.6 Å². The fraction of sp³-hybridized carbons (Fsp3) is 0.316. The van der Waals surface area contributed by atoms with E-state index in [-0.39, 0.29) is 12.5 Å². The quantitative estimate of drug-likeness (QED) is 0.793. The summed E-state index contributed by atoms with van der Waals surface area (Å²) < 4.78 is 5.44. The second kappa shape index (κ2) is 9.00. The molecule has 0 fully saturated rings.